The minimum atomic E-state index is -0.833. The third-order valence-corrected chi connectivity index (χ3v) is 2.23. The van der Waals surface area contributed by atoms with E-state index in [1.807, 2.05) is 17.9 Å². The maximum Gasteiger partial charge on any atom is 0.102 e. The Morgan fingerprint density at radius 1 is 1.64 bits per heavy atom. The summed E-state index contributed by atoms with van der Waals surface area (Å²) < 4.78 is 1.86. The molecule has 14 heavy (non-hydrogen) atoms. The van der Waals surface area contributed by atoms with Gasteiger partial charge in [0, 0.05) is 24.8 Å². The normalized spacial score (nSPS) is 15.4. The van der Waals surface area contributed by atoms with E-state index < -0.39 is 5.60 Å². The number of aryl methyl sites for hydroxylation is 1. The molecular formula is C10H19N3O. The summed E-state index contributed by atoms with van der Waals surface area (Å²) in [5.41, 5.74) is 0.0288. The minimum absolute atomic E-state index is 0.533. The molecule has 0 saturated carbocycles. The Morgan fingerprint density at radius 3 is 2.93 bits per heavy atom. The van der Waals surface area contributed by atoms with E-state index in [2.05, 4.69) is 17.3 Å². The Balaban J connectivity index is 2.74. The van der Waals surface area contributed by atoms with Crippen molar-refractivity contribution in [2.24, 2.45) is 0 Å². The van der Waals surface area contributed by atoms with Crippen molar-refractivity contribution >= 4 is 0 Å². The number of likely N-dealkylation sites (N-methyl/N-ethyl adjacent to an activating group) is 1. The van der Waals surface area contributed by atoms with Crippen molar-refractivity contribution in [3.8, 4) is 0 Å². The highest BCUT2D eigenvalue weighted by atomic mass is 16.3. The van der Waals surface area contributed by atoms with E-state index in [0.717, 1.165) is 18.5 Å². The fourth-order valence-electron chi connectivity index (χ4n) is 1.44. The van der Waals surface area contributed by atoms with Crippen LogP contribution in [0.15, 0.2) is 12.4 Å². The van der Waals surface area contributed by atoms with Crippen LogP contribution < -0.4 is 5.32 Å². The van der Waals surface area contributed by atoms with E-state index in [-0.39, 0.29) is 0 Å². The highest BCUT2D eigenvalue weighted by molar-refractivity contribution is 5.14. The van der Waals surface area contributed by atoms with Crippen LogP contribution in [0.3, 0.4) is 0 Å². The minimum Gasteiger partial charge on any atom is -0.384 e. The summed E-state index contributed by atoms with van der Waals surface area (Å²) in [7, 11) is 1.82. The molecule has 0 bridgehead atoms. The molecule has 0 aliphatic rings. The lowest BCUT2D eigenvalue weighted by Crippen LogP contribution is -2.33. The molecule has 4 heteroatoms. The van der Waals surface area contributed by atoms with Crippen molar-refractivity contribution in [3.05, 3.63) is 18.0 Å². The standard InChI is InChI=1S/C10H19N3O/c1-4-5-13-7-9(6-12-13)10(2,14)8-11-3/h6-7,11,14H,4-5,8H2,1-3H3. The molecule has 0 saturated heterocycles. The van der Waals surface area contributed by atoms with Gasteiger partial charge in [0.25, 0.3) is 0 Å². The van der Waals surface area contributed by atoms with Gasteiger partial charge in [-0.1, -0.05) is 6.92 Å². The van der Waals surface area contributed by atoms with Crippen LogP contribution in [-0.4, -0.2) is 28.5 Å². The van der Waals surface area contributed by atoms with Gasteiger partial charge in [0.15, 0.2) is 0 Å². The molecule has 0 radical (unpaired) electrons. The summed E-state index contributed by atoms with van der Waals surface area (Å²) >= 11 is 0. The van der Waals surface area contributed by atoms with Gasteiger partial charge < -0.3 is 10.4 Å². The SMILES string of the molecule is CCCn1cc(C(C)(O)CNC)cn1. The van der Waals surface area contributed by atoms with E-state index >= 15 is 0 Å². The third-order valence-electron chi connectivity index (χ3n) is 2.23. The lowest BCUT2D eigenvalue weighted by molar-refractivity contribution is 0.0591. The summed E-state index contributed by atoms with van der Waals surface area (Å²) in [6.45, 7) is 5.32. The number of hydrogen-bond acceptors (Lipinski definition) is 3. The van der Waals surface area contributed by atoms with Crippen LogP contribution in [0.4, 0.5) is 0 Å². The van der Waals surface area contributed by atoms with Crippen LogP contribution in [0.2, 0.25) is 0 Å². The van der Waals surface area contributed by atoms with E-state index in [1.54, 1.807) is 13.1 Å². The third kappa shape index (κ3) is 2.56. The van der Waals surface area contributed by atoms with Gasteiger partial charge in [-0.05, 0) is 20.4 Å². The summed E-state index contributed by atoms with van der Waals surface area (Å²) in [6, 6.07) is 0. The topological polar surface area (TPSA) is 50.1 Å². The zero-order valence-corrected chi connectivity index (χ0v) is 9.12. The van der Waals surface area contributed by atoms with Crippen LogP contribution in [0, 0.1) is 0 Å². The van der Waals surface area contributed by atoms with Crippen LogP contribution in [0.5, 0.6) is 0 Å². The quantitative estimate of drug-likeness (QED) is 0.731. The van der Waals surface area contributed by atoms with Gasteiger partial charge in [0.2, 0.25) is 0 Å². The molecule has 0 spiro atoms. The maximum atomic E-state index is 10.1. The average molecular weight is 197 g/mol. The molecule has 0 aliphatic heterocycles. The van der Waals surface area contributed by atoms with Crippen LogP contribution in [-0.2, 0) is 12.1 Å². The molecule has 4 nitrogen and oxygen atoms in total. The highest BCUT2D eigenvalue weighted by Gasteiger charge is 2.23. The molecule has 0 fully saturated rings. The second kappa shape index (κ2) is 4.57. The molecule has 1 atom stereocenters. The summed E-state index contributed by atoms with van der Waals surface area (Å²) in [5.74, 6) is 0. The van der Waals surface area contributed by atoms with Crippen molar-refractivity contribution in [1.29, 1.82) is 0 Å². The lowest BCUT2D eigenvalue weighted by atomic mass is 10.00. The smallest absolute Gasteiger partial charge is 0.102 e. The second-order valence-corrected chi connectivity index (χ2v) is 3.80. The predicted molar refractivity (Wildman–Crippen MR) is 56.0 cm³/mol. The van der Waals surface area contributed by atoms with Gasteiger partial charge in [0.1, 0.15) is 5.60 Å². The molecule has 1 rings (SSSR count). The maximum absolute atomic E-state index is 10.1. The molecule has 2 N–H and O–H groups in total. The number of aliphatic hydroxyl groups is 1. The van der Waals surface area contributed by atoms with E-state index in [9.17, 15) is 5.11 Å². The zero-order chi connectivity index (χ0) is 10.6. The van der Waals surface area contributed by atoms with Crippen LogP contribution >= 0.6 is 0 Å². The Labute approximate surface area is 84.9 Å². The first-order valence-corrected chi connectivity index (χ1v) is 5.00. The first-order valence-electron chi connectivity index (χ1n) is 5.00. The first kappa shape index (κ1) is 11.2. The van der Waals surface area contributed by atoms with Crippen molar-refractivity contribution in [3.63, 3.8) is 0 Å². The van der Waals surface area contributed by atoms with E-state index in [1.165, 1.54) is 0 Å². The number of aromatic nitrogens is 2. The van der Waals surface area contributed by atoms with Crippen molar-refractivity contribution < 1.29 is 5.11 Å². The predicted octanol–water partition coefficient (Wildman–Crippen LogP) is 0.720. The Morgan fingerprint density at radius 2 is 2.36 bits per heavy atom. The molecule has 80 valence electrons. The van der Waals surface area contributed by atoms with Crippen molar-refractivity contribution in [2.75, 3.05) is 13.6 Å². The molecule has 0 amide bonds. The molecule has 0 aliphatic carbocycles. The van der Waals surface area contributed by atoms with Gasteiger partial charge in [0.05, 0.1) is 6.20 Å². The average Bonchev–Trinajstić information content (AvgIpc) is 2.54. The molecule has 1 aromatic rings. The molecule has 1 unspecified atom stereocenters. The zero-order valence-electron chi connectivity index (χ0n) is 9.12. The van der Waals surface area contributed by atoms with Gasteiger partial charge in [-0.2, -0.15) is 5.10 Å². The fourth-order valence-corrected chi connectivity index (χ4v) is 1.44. The summed E-state index contributed by atoms with van der Waals surface area (Å²) in [6.07, 6.45) is 4.68. The molecule has 0 aromatic carbocycles. The number of rotatable bonds is 5. The highest BCUT2D eigenvalue weighted by Crippen LogP contribution is 2.18. The largest absolute Gasteiger partial charge is 0.384 e. The second-order valence-electron chi connectivity index (χ2n) is 3.80. The molecule has 1 heterocycles. The summed E-state index contributed by atoms with van der Waals surface area (Å²) in [4.78, 5) is 0. The summed E-state index contributed by atoms with van der Waals surface area (Å²) in [5, 5.41) is 17.2. The van der Waals surface area contributed by atoms with E-state index in [0.29, 0.717) is 6.54 Å². The van der Waals surface area contributed by atoms with Gasteiger partial charge in [-0.3, -0.25) is 4.68 Å². The lowest BCUT2D eigenvalue weighted by Gasteiger charge is -2.20. The molecular weight excluding hydrogens is 178 g/mol. The van der Waals surface area contributed by atoms with Crippen LogP contribution in [0.25, 0.3) is 0 Å². The van der Waals surface area contributed by atoms with Crippen molar-refractivity contribution in [2.45, 2.75) is 32.4 Å². The number of nitrogens with one attached hydrogen (secondary N) is 1. The Hall–Kier alpha value is -0.870. The van der Waals surface area contributed by atoms with Crippen LogP contribution in [0.1, 0.15) is 25.8 Å². The van der Waals surface area contributed by atoms with Gasteiger partial charge in [-0.15, -0.1) is 0 Å². The van der Waals surface area contributed by atoms with E-state index in [4.69, 9.17) is 0 Å². The monoisotopic (exact) mass is 197 g/mol. The first-order chi connectivity index (χ1) is 6.60. The molecule has 1 aromatic heterocycles. The Bertz CT molecular complexity index is 281. The van der Waals surface area contributed by atoms with Gasteiger partial charge >= 0.3 is 0 Å². The number of nitrogens with zero attached hydrogens (tertiary/aromatic N) is 2. The van der Waals surface area contributed by atoms with Crippen molar-refractivity contribution in [1.82, 2.24) is 15.1 Å². The Kier molecular flexibility index (Phi) is 3.66. The number of hydrogen-bond donors (Lipinski definition) is 2. The van der Waals surface area contributed by atoms with Gasteiger partial charge in [-0.25, -0.2) is 0 Å². The fraction of sp³-hybridized carbons (Fsp3) is 0.700.